The van der Waals surface area contributed by atoms with Crippen LogP contribution < -0.4 is 9.47 Å². The van der Waals surface area contributed by atoms with Crippen LogP contribution in [0.1, 0.15) is 23.2 Å². The Labute approximate surface area is 134 Å². The highest BCUT2D eigenvalue weighted by atomic mass is 16.6. The molecule has 2 aliphatic heterocycles. The number of fused-ring (bicyclic) bond motifs is 1. The van der Waals surface area contributed by atoms with E-state index in [1.807, 2.05) is 0 Å². The second-order valence-electron chi connectivity index (χ2n) is 6.51. The lowest BCUT2D eigenvalue weighted by molar-refractivity contribution is -0.142. The number of hydrogen-bond donors (Lipinski definition) is 1. The van der Waals surface area contributed by atoms with E-state index in [0.717, 1.165) is 12.8 Å². The van der Waals surface area contributed by atoms with Gasteiger partial charge in [0.1, 0.15) is 13.2 Å². The van der Waals surface area contributed by atoms with Gasteiger partial charge in [0.25, 0.3) is 5.91 Å². The van der Waals surface area contributed by atoms with Crippen LogP contribution >= 0.6 is 0 Å². The molecule has 0 bridgehead atoms. The van der Waals surface area contributed by atoms with Gasteiger partial charge in [-0.05, 0) is 42.9 Å². The van der Waals surface area contributed by atoms with Crippen LogP contribution in [0.4, 0.5) is 0 Å². The van der Waals surface area contributed by atoms with Crippen LogP contribution in [0.3, 0.4) is 0 Å². The Morgan fingerprint density at radius 1 is 1.09 bits per heavy atom. The maximum Gasteiger partial charge on any atom is 0.308 e. The number of carbonyl (C=O) groups is 2. The molecule has 6 heteroatoms. The molecule has 1 aromatic carbocycles. The SMILES string of the molecule is O=C(O)[C@@H]1CN(C(=O)c2ccc3c(c2)OCCO3)C[C@H]1C1CC1. The van der Waals surface area contributed by atoms with Crippen molar-refractivity contribution in [3.05, 3.63) is 23.8 Å². The lowest BCUT2D eigenvalue weighted by Gasteiger charge is -2.20. The average molecular weight is 317 g/mol. The maximum atomic E-state index is 12.7. The van der Waals surface area contributed by atoms with Crippen LogP contribution in [0, 0.1) is 17.8 Å². The summed E-state index contributed by atoms with van der Waals surface area (Å²) in [6, 6.07) is 5.15. The van der Waals surface area contributed by atoms with Gasteiger partial charge >= 0.3 is 5.97 Å². The Kier molecular flexibility index (Phi) is 3.39. The summed E-state index contributed by atoms with van der Waals surface area (Å²) in [6.45, 7) is 1.81. The summed E-state index contributed by atoms with van der Waals surface area (Å²) < 4.78 is 11.0. The lowest BCUT2D eigenvalue weighted by Crippen LogP contribution is -2.30. The summed E-state index contributed by atoms with van der Waals surface area (Å²) in [5, 5.41) is 9.41. The minimum Gasteiger partial charge on any atom is -0.486 e. The van der Waals surface area contributed by atoms with Gasteiger partial charge in [-0.2, -0.15) is 0 Å². The number of hydrogen-bond acceptors (Lipinski definition) is 4. The van der Waals surface area contributed by atoms with Crippen LogP contribution in [-0.2, 0) is 4.79 Å². The van der Waals surface area contributed by atoms with E-state index in [0.29, 0.717) is 49.3 Å². The summed E-state index contributed by atoms with van der Waals surface area (Å²) in [4.78, 5) is 25.9. The minimum atomic E-state index is -0.792. The van der Waals surface area contributed by atoms with Crippen LogP contribution in [0.25, 0.3) is 0 Å². The molecule has 2 fully saturated rings. The zero-order chi connectivity index (χ0) is 16.0. The molecular formula is C17H19NO5. The van der Waals surface area contributed by atoms with E-state index in [2.05, 4.69) is 0 Å². The number of ether oxygens (including phenoxy) is 2. The fourth-order valence-corrected chi connectivity index (χ4v) is 3.62. The average Bonchev–Trinajstić information content (AvgIpc) is 3.31. The summed E-state index contributed by atoms with van der Waals surface area (Å²) in [5.41, 5.74) is 0.523. The Morgan fingerprint density at radius 3 is 2.52 bits per heavy atom. The van der Waals surface area contributed by atoms with Crippen LogP contribution in [0.2, 0.25) is 0 Å². The van der Waals surface area contributed by atoms with Crippen molar-refractivity contribution in [2.45, 2.75) is 12.8 Å². The molecule has 0 aromatic heterocycles. The predicted octanol–water partition coefficient (Wildman–Crippen LogP) is 1.64. The topological polar surface area (TPSA) is 76.1 Å². The second kappa shape index (κ2) is 5.44. The van der Waals surface area contributed by atoms with Gasteiger partial charge in [0, 0.05) is 18.7 Å². The zero-order valence-electron chi connectivity index (χ0n) is 12.7. The number of carboxylic acid groups (broad SMARTS) is 1. The van der Waals surface area contributed by atoms with Crippen LogP contribution in [-0.4, -0.2) is 48.2 Å². The van der Waals surface area contributed by atoms with Gasteiger partial charge in [-0.25, -0.2) is 0 Å². The molecule has 2 atom stereocenters. The molecule has 1 amide bonds. The number of benzene rings is 1. The predicted molar refractivity (Wildman–Crippen MR) is 80.7 cm³/mol. The number of carbonyl (C=O) groups excluding carboxylic acids is 1. The summed E-state index contributed by atoms with van der Waals surface area (Å²) in [5.74, 6) is 0.422. The van der Waals surface area contributed by atoms with Crippen molar-refractivity contribution < 1.29 is 24.2 Å². The Bertz CT molecular complexity index is 654. The minimum absolute atomic E-state index is 0.0914. The molecule has 1 N–H and O–H groups in total. The highest BCUT2D eigenvalue weighted by molar-refractivity contribution is 5.95. The van der Waals surface area contributed by atoms with Crippen molar-refractivity contribution in [1.82, 2.24) is 4.90 Å². The Hall–Kier alpha value is -2.24. The third-order valence-corrected chi connectivity index (χ3v) is 4.99. The molecule has 1 saturated heterocycles. The largest absolute Gasteiger partial charge is 0.486 e. The van der Waals surface area contributed by atoms with Crippen molar-refractivity contribution in [3.63, 3.8) is 0 Å². The molecule has 4 rings (SSSR count). The first-order valence-electron chi connectivity index (χ1n) is 8.05. The third-order valence-electron chi connectivity index (χ3n) is 4.99. The number of amides is 1. The molecule has 1 saturated carbocycles. The number of nitrogens with zero attached hydrogens (tertiary/aromatic N) is 1. The maximum absolute atomic E-state index is 12.7. The highest BCUT2D eigenvalue weighted by Gasteiger charge is 2.47. The molecule has 1 aromatic rings. The van der Waals surface area contributed by atoms with E-state index < -0.39 is 11.9 Å². The van der Waals surface area contributed by atoms with E-state index >= 15 is 0 Å². The van der Waals surface area contributed by atoms with Crippen LogP contribution in [0.5, 0.6) is 11.5 Å². The second-order valence-corrected chi connectivity index (χ2v) is 6.51. The zero-order valence-corrected chi connectivity index (χ0v) is 12.7. The van der Waals surface area contributed by atoms with E-state index in [-0.39, 0.29) is 11.8 Å². The Balaban J connectivity index is 1.54. The molecule has 1 aliphatic carbocycles. The number of aliphatic carboxylic acids is 1. The quantitative estimate of drug-likeness (QED) is 0.917. The first-order chi connectivity index (χ1) is 11.1. The van der Waals surface area contributed by atoms with Gasteiger partial charge in [-0.1, -0.05) is 0 Å². The van der Waals surface area contributed by atoms with Crippen molar-refractivity contribution in [1.29, 1.82) is 0 Å². The monoisotopic (exact) mass is 317 g/mol. The van der Waals surface area contributed by atoms with Crippen molar-refractivity contribution in [2.24, 2.45) is 17.8 Å². The molecule has 3 aliphatic rings. The lowest BCUT2D eigenvalue weighted by atomic mass is 9.92. The molecule has 0 spiro atoms. The molecule has 122 valence electrons. The highest BCUT2D eigenvalue weighted by Crippen LogP contribution is 2.44. The van der Waals surface area contributed by atoms with Crippen molar-refractivity contribution in [3.8, 4) is 11.5 Å². The molecular weight excluding hydrogens is 298 g/mol. The normalized spacial score (nSPS) is 26.2. The van der Waals surface area contributed by atoms with Gasteiger partial charge < -0.3 is 19.5 Å². The van der Waals surface area contributed by atoms with E-state index in [4.69, 9.17) is 9.47 Å². The summed E-state index contributed by atoms with van der Waals surface area (Å²) in [7, 11) is 0. The molecule has 6 nitrogen and oxygen atoms in total. The smallest absolute Gasteiger partial charge is 0.308 e. The van der Waals surface area contributed by atoms with Gasteiger partial charge in [0.05, 0.1) is 5.92 Å². The number of rotatable bonds is 3. The third kappa shape index (κ3) is 2.62. The first-order valence-corrected chi connectivity index (χ1v) is 8.05. The molecule has 0 radical (unpaired) electrons. The molecule has 2 heterocycles. The van der Waals surface area contributed by atoms with E-state index in [1.54, 1.807) is 23.1 Å². The standard InChI is InChI=1S/C17H19NO5/c19-16(11-3-4-14-15(7-11)23-6-5-22-14)18-8-12(10-1-2-10)13(9-18)17(20)21/h3-4,7,10,12-13H,1-2,5-6,8-9H2,(H,20,21)/t12-,13+/m0/s1. The first kappa shape index (κ1) is 14.4. The number of carboxylic acids is 1. The van der Waals surface area contributed by atoms with Gasteiger partial charge in [0.2, 0.25) is 0 Å². The molecule has 0 unspecified atom stereocenters. The summed E-state index contributed by atoms with van der Waals surface area (Å²) in [6.07, 6.45) is 2.17. The van der Waals surface area contributed by atoms with E-state index in [1.165, 1.54) is 0 Å². The van der Waals surface area contributed by atoms with Gasteiger partial charge in [-0.15, -0.1) is 0 Å². The van der Waals surface area contributed by atoms with Crippen molar-refractivity contribution in [2.75, 3.05) is 26.3 Å². The van der Waals surface area contributed by atoms with Crippen molar-refractivity contribution >= 4 is 11.9 Å². The van der Waals surface area contributed by atoms with Gasteiger partial charge in [0.15, 0.2) is 11.5 Å². The van der Waals surface area contributed by atoms with E-state index in [9.17, 15) is 14.7 Å². The molecule has 23 heavy (non-hydrogen) atoms. The number of likely N-dealkylation sites (tertiary alicyclic amines) is 1. The fourth-order valence-electron chi connectivity index (χ4n) is 3.62. The Morgan fingerprint density at radius 2 is 1.83 bits per heavy atom. The fraction of sp³-hybridized carbons (Fsp3) is 0.529. The summed E-state index contributed by atoms with van der Waals surface area (Å²) >= 11 is 0. The van der Waals surface area contributed by atoms with Gasteiger partial charge in [-0.3, -0.25) is 9.59 Å². The van der Waals surface area contributed by atoms with Crippen LogP contribution in [0.15, 0.2) is 18.2 Å².